The lowest BCUT2D eigenvalue weighted by Crippen LogP contribution is -2.68. The number of carbonyl (C=O) groups excluding carboxylic acids is 6. The average Bonchev–Trinajstić information content (AvgIpc) is 2.79. The quantitative estimate of drug-likeness (QED) is 0.153. The summed E-state index contributed by atoms with van der Waals surface area (Å²) < 4.78 is 43.1. The van der Waals surface area contributed by atoms with E-state index in [0.717, 1.165) is 46.4 Å². The maximum atomic E-state index is 12.0. The highest BCUT2D eigenvalue weighted by Gasteiger charge is 2.55. The van der Waals surface area contributed by atoms with Gasteiger partial charge in [-0.15, -0.1) is 0 Å². The van der Waals surface area contributed by atoms with E-state index in [4.69, 9.17) is 37.9 Å². The second-order valence-electron chi connectivity index (χ2n) is 8.55. The smallest absolute Gasteiger partial charge is 0.303 e. The molecule has 2 rings (SSSR count). The minimum Gasteiger partial charge on any atom is -0.456 e. The van der Waals surface area contributed by atoms with E-state index < -0.39 is 98.1 Å². The van der Waals surface area contributed by atoms with E-state index in [2.05, 4.69) is 0 Å². The van der Waals surface area contributed by atoms with Crippen LogP contribution in [0.3, 0.4) is 0 Å². The predicted molar refractivity (Wildman–Crippen MR) is 120 cm³/mol. The molecule has 0 amide bonds. The zero-order valence-electron chi connectivity index (χ0n) is 22.1. The molecule has 0 aliphatic carbocycles. The van der Waals surface area contributed by atoms with Crippen LogP contribution >= 0.6 is 0 Å². The number of hydrogen-bond acceptors (Lipinski definition) is 16. The van der Waals surface area contributed by atoms with E-state index in [-0.39, 0.29) is 0 Å². The van der Waals surface area contributed by atoms with Gasteiger partial charge in [-0.1, -0.05) is 0 Å². The molecule has 8 atom stereocenters. The van der Waals surface area contributed by atoms with Crippen molar-refractivity contribution in [3.63, 3.8) is 0 Å². The van der Waals surface area contributed by atoms with E-state index >= 15 is 0 Å². The van der Waals surface area contributed by atoms with Crippen LogP contribution in [0.5, 0.6) is 0 Å². The summed E-state index contributed by atoms with van der Waals surface area (Å²) in [6.45, 7) is 5.63. The molecule has 0 unspecified atom stereocenters. The Morgan fingerprint density at radius 1 is 0.564 bits per heavy atom. The summed E-state index contributed by atoms with van der Waals surface area (Å²) in [5, 5.41) is 10.1. The third-order valence-corrected chi connectivity index (χ3v) is 5.31. The molecule has 2 saturated heterocycles. The first-order valence-electron chi connectivity index (χ1n) is 11.7. The molecule has 0 saturated carbocycles. The minimum absolute atomic E-state index is 0.410. The highest BCUT2D eigenvalue weighted by molar-refractivity contribution is 5.69. The summed E-state index contributed by atoms with van der Waals surface area (Å²) in [5.41, 5.74) is 0. The Hall–Kier alpha value is -3.97. The molecule has 0 aromatic carbocycles. The van der Waals surface area contributed by atoms with Crippen LogP contribution in [0.1, 0.15) is 41.5 Å². The highest BCUT2D eigenvalue weighted by Crippen LogP contribution is 2.32. The molecule has 2 aliphatic heterocycles. The molecule has 0 aromatic heterocycles. The molecular formula is C23H30N2O14. The second kappa shape index (κ2) is 13.7. The lowest BCUT2D eigenvalue weighted by molar-refractivity contribution is -0.288. The molecule has 2 aliphatic rings. The van der Waals surface area contributed by atoms with Gasteiger partial charge in [0.1, 0.15) is 0 Å². The summed E-state index contributed by atoms with van der Waals surface area (Å²) in [7, 11) is 0. The summed E-state index contributed by atoms with van der Waals surface area (Å²) in [6, 6.07) is 0. The Kier molecular flexibility index (Phi) is 11.0. The number of rotatable bonds is 8. The lowest BCUT2D eigenvalue weighted by atomic mass is 9.99. The summed E-state index contributed by atoms with van der Waals surface area (Å²) in [5.74, 6) is -4.84. The van der Waals surface area contributed by atoms with Crippen LogP contribution in [0.2, 0.25) is 0 Å². The van der Waals surface area contributed by atoms with Crippen LogP contribution in [0.15, 0.2) is 0 Å². The van der Waals surface area contributed by atoms with Gasteiger partial charge in [0.25, 0.3) is 0 Å². The van der Waals surface area contributed by atoms with E-state index in [1.54, 1.807) is 0 Å². The van der Waals surface area contributed by atoms with Gasteiger partial charge in [0.2, 0.25) is 0 Å². The van der Waals surface area contributed by atoms with Crippen molar-refractivity contribution in [3.05, 3.63) is 0 Å². The van der Waals surface area contributed by atoms with Crippen molar-refractivity contribution >= 4 is 35.8 Å². The van der Waals surface area contributed by atoms with Crippen LogP contribution in [0.25, 0.3) is 0 Å². The fourth-order valence-electron chi connectivity index (χ4n) is 4.18. The normalized spacial score (nSPS) is 30.0. The second-order valence-corrected chi connectivity index (χ2v) is 8.55. The maximum absolute atomic E-state index is 12.0. The van der Waals surface area contributed by atoms with Gasteiger partial charge in [0, 0.05) is 41.5 Å². The van der Waals surface area contributed by atoms with Gasteiger partial charge < -0.3 is 37.9 Å². The molecule has 216 valence electrons. The molecule has 2 heterocycles. The zero-order valence-corrected chi connectivity index (χ0v) is 22.1. The van der Waals surface area contributed by atoms with Gasteiger partial charge in [-0.2, -0.15) is 5.26 Å². The van der Waals surface area contributed by atoms with E-state index in [9.17, 15) is 34.0 Å². The Morgan fingerprint density at radius 2 is 0.846 bits per heavy atom. The zero-order chi connectivity index (χ0) is 29.4. The third kappa shape index (κ3) is 8.52. The van der Waals surface area contributed by atoms with E-state index in [1.165, 1.54) is 0 Å². The van der Waals surface area contributed by atoms with Gasteiger partial charge in [-0.3, -0.25) is 28.8 Å². The number of nitriles is 1. The van der Waals surface area contributed by atoms with Crippen molar-refractivity contribution in [1.82, 2.24) is 4.90 Å². The van der Waals surface area contributed by atoms with Crippen LogP contribution in [-0.2, 0) is 66.7 Å². The highest BCUT2D eigenvalue weighted by atomic mass is 16.7. The van der Waals surface area contributed by atoms with E-state index in [1.807, 2.05) is 6.19 Å². The number of hydrogen-bond donors (Lipinski definition) is 0. The van der Waals surface area contributed by atoms with Gasteiger partial charge in [-0.25, -0.2) is 4.90 Å². The summed E-state index contributed by atoms with van der Waals surface area (Å²) in [4.78, 5) is 71.8. The fraction of sp³-hybridized carbons (Fsp3) is 0.696. The van der Waals surface area contributed by atoms with Crippen molar-refractivity contribution in [3.8, 4) is 6.19 Å². The summed E-state index contributed by atoms with van der Waals surface area (Å²) >= 11 is 0. The van der Waals surface area contributed by atoms with Gasteiger partial charge in [-0.05, 0) is 0 Å². The molecule has 0 spiro atoms. The minimum atomic E-state index is -1.55. The molecule has 0 radical (unpaired) electrons. The van der Waals surface area contributed by atoms with Crippen LogP contribution in [0.4, 0.5) is 0 Å². The Labute approximate surface area is 223 Å². The lowest BCUT2D eigenvalue weighted by Gasteiger charge is -2.48. The largest absolute Gasteiger partial charge is 0.456 e. The molecule has 2 fully saturated rings. The van der Waals surface area contributed by atoms with Gasteiger partial charge in [0.15, 0.2) is 55.3 Å². The van der Waals surface area contributed by atoms with Gasteiger partial charge in [0.05, 0.1) is 13.2 Å². The van der Waals surface area contributed by atoms with Crippen LogP contribution in [0, 0.1) is 11.5 Å². The first-order valence-corrected chi connectivity index (χ1v) is 11.7. The molecular weight excluding hydrogens is 528 g/mol. The Bertz CT molecular complexity index is 937. The van der Waals surface area contributed by atoms with Crippen molar-refractivity contribution in [2.75, 3.05) is 13.2 Å². The monoisotopic (exact) mass is 558 g/mol. The molecule has 16 nitrogen and oxygen atoms in total. The average molecular weight is 558 g/mol. The predicted octanol–water partition coefficient (Wildman–Crippen LogP) is -0.928. The molecule has 0 aromatic rings. The topological polar surface area (TPSA) is 203 Å². The number of esters is 6. The van der Waals surface area contributed by atoms with Crippen LogP contribution < -0.4 is 0 Å². The van der Waals surface area contributed by atoms with Crippen molar-refractivity contribution in [2.45, 2.75) is 90.6 Å². The van der Waals surface area contributed by atoms with Crippen LogP contribution in [-0.4, -0.2) is 103 Å². The fourth-order valence-corrected chi connectivity index (χ4v) is 4.18. The molecule has 39 heavy (non-hydrogen) atoms. The maximum Gasteiger partial charge on any atom is 0.303 e. The number of carbonyl (C=O) groups is 6. The molecule has 16 heteroatoms. The summed E-state index contributed by atoms with van der Waals surface area (Å²) in [6.07, 6.45) is -9.64. The van der Waals surface area contributed by atoms with Crippen molar-refractivity contribution < 1.29 is 66.7 Å². The van der Waals surface area contributed by atoms with Crippen molar-refractivity contribution in [1.29, 1.82) is 5.26 Å². The molecule has 0 bridgehead atoms. The Balaban J connectivity index is 2.54. The first-order chi connectivity index (χ1) is 18.2. The standard InChI is InChI=1S/C23H30N2O14/c1-10(26)34-16-7-32-22(20(38-14(5)30)18(16)36-12(3)28)25(9-24)23-21(39-15(6)31)19(37-13(4)29)17(8-33-23)35-11(2)27/h16-23H,7-8H2,1-6H3/t16-,17-,18-,19-,20-,21-,22-,23-/m1/s1. The van der Waals surface area contributed by atoms with E-state index in [0.29, 0.717) is 0 Å². The Morgan fingerprint density at radius 3 is 1.10 bits per heavy atom. The SMILES string of the molecule is CC(=O)O[C@@H]1[C@H](OC(C)=O)[C@H](OC(C)=O)CO[C@H]1N(C#N)[C@@H]1OC[C@@H](OC(C)=O)[C@@H](OC(C)=O)[C@H]1OC(C)=O. The van der Waals surface area contributed by atoms with Gasteiger partial charge >= 0.3 is 35.8 Å². The number of nitrogens with zero attached hydrogens (tertiary/aromatic N) is 2. The third-order valence-electron chi connectivity index (χ3n) is 5.31. The van der Waals surface area contributed by atoms with Crippen molar-refractivity contribution in [2.24, 2.45) is 0 Å². The molecule has 0 N–H and O–H groups in total. The first kappa shape index (κ1) is 31.2. The number of ether oxygens (including phenoxy) is 8.